The number of pyridine rings is 1. The van der Waals surface area contributed by atoms with E-state index in [1.165, 1.54) is 19.2 Å². The number of hydrogen-bond acceptors (Lipinski definition) is 5. The molecule has 4 aromatic carbocycles. The van der Waals surface area contributed by atoms with Crippen LogP contribution in [0.1, 0.15) is 34.0 Å². The van der Waals surface area contributed by atoms with Crippen molar-refractivity contribution in [1.82, 2.24) is 4.98 Å². The number of alkyl halides is 3. The molecule has 200 valence electrons. The van der Waals surface area contributed by atoms with E-state index in [2.05, 4.69) is 10.3 Å². The minimum Gasteiger partial charge on any atom is -0.427 e. The van der Waals surface area contributed by atoms with Gasteiger partial charge in [-0.3, -0.25) is 14.6 Å². The lowest BCUT2D eigenvalue weighted by Gasteiger charge is -2.17. The molecule has 0 bridgehead atoms. The Balaban J connectivity index is 1.58. The highest BCUT2D eigenvalue weighted by Gasteiger charge is 2.34. The molecule has 5 aromatic rings. The molecule has 0 aliphatic carbocycles. The fraction of sp³-hybridized carbons (Fsp3) is 0.0938. The predicted molar refractivity (Wildman–Crippen MR) is 147 cm³/mol. The number of nitrogens with one attached hydrogen (secondary N) is 1. The highest BCUT2D eigenvalue weighted by molar-refractivity contribution is 6.16. The first kappa shape index (κ1) is 26.6. The molecule has 1 aromatic heterocycles. The maximum absolute atomic E-state index is 13.9. The molecular weight excluding hydrogens is 517 g/mol. The predicted octanol–water partition coefficient (Wildman–Crippen LogP) is 7.69. The van der Waals surface area contributed by atoms with Crippen molar-refractivity contribution < 1.29 is 27.5 Å². The number of para-hydroxylation sites is 1. The third kappa shape index (κ3) is 5.71. The number of hydrogen-bond donors (Lipinski definition) is 1. The fourth-order valence-corrected chi connectivity index (χ4v) is 4.55. The Labute approximate surface area is 228 Å². The second-order valence-corrected chi connectivity index (χ2v) is 9.12. The molecule has 0 atom stereocenters. The van der Waals surface area contributed by atoms with Crippen LogP contribution < -0.4 is 10.1 Å². The van der Waals surface area contributed by atoms with Crippen LogP contribution in [0.4, 0.5) is 18.9 Å². The second kappa shape index (κ2) is 11.0. The first-order chi connectivity index (χ1) is 19.2. The lowest BCUT2D eigenvalue weighted by atomic mass is 9.91. The zero-order chi connectivity index (χ0) is 28.3. The molecule has 5 nitrogen and oxygen atoms in total. The standard InChI is InChI=1S/C32H23F3N2O3/c1-20(38)40-25-13-5-8-21(16-25)18-36-24-12-6-11-23(17-24)29-26-14-7-15-28(32(33,34)35)30(26)37-19-27(29)31(39)22-9-3-2-4-10-22/h2-17,19,36H,18H2,1H3. The van der Waals surface area contributed by atoms with Gasteiger partial charge >= 0.3 is 12.1 Å². The van der Waals surface area contributed by atoms with E-state index < -0.39 is 17.7 Å². The first-order valence-corrected chi connectivity index (χ1v) is 12.4. The van der Waals surface area contributed by atoms with Gasteiger partial charge in [-0.2, -0.15) is 13.2 Å². The van der Waals surface area contributed by atoms with Gasteiger partial charge in [0.2, 0.25) is 0 Å². The molecule has 0 aliphatic heterocycles. The van der Waals surface area contributed by atoms with Crippen molar-refractivity contribution in [1.29, 1.82) is 0 Å². The lowest BCUT2D eigenvalue weighted by molar-refractivity contribution is -0.136. The molecule has 1 heterocycles. The molecule has 8 heteroatoms. The molecule has 40 heavy (non-hydrogen) atoms. The summed E-state index contributed by atoms with van der Waals surface area (Å²) in [5.41, 5.74) is 1.97. The average Bonchev–Trinajstić information content (AvgIpc) is 2.94. The Bertz CT molecular complexity index is 1720. The van der Waals surface area contributed by atoms with Crippen LogP contribution in [-0.4, -0.2) is 16.7 Å². The Morgan fingerprint density at radius 3 is 2.38 bits per heavy atom. The highest BCUT2D eigenvalue weighted by atomic mass is 19.4. The summed E-state index contributed by atoms with van der Waals surface area (Å²) in [6.07, 6.45) is -3.39. The van der Waals surface area contributed by atoms with Gasteiger partial charge in [0, 0.05) is 47.4 Å². The van der Waals surface area contributed by atoms with E-state index in [9.17, 15) is 22.8 Å². The van der Waals surface area contributed by atoms with Crippen molar-refractivity contribution in [3.05, 3.63) is 126 Å². The van der Waals surface area contributed by atoms with Crippen LogP contribution in [0.5, 0.6) is 5.75 Å². The number of aromatic nitrogens is 1. The van der Waals surface area contributed by atoms with Crippen LogP contribution in [0.2, 0.25) is 0 Å². The smallest absolute Gasteiger partial charge is 0.418 e. The SMILES string of the molecule is CC(=O)Oc1cccc(CNc2cccc(-c3c(C(=O)c4ccccc4)cnc4c(C(F)(F)F)cccc34)c2)c1. The number of ketones is 1. The molecule has 0 saturated heterocycles. The Morgan fingerprint density at radius 1 is 0.875 bits per heavy atom. The molecule has 0 spiro atoms. The molecule has 0 amide bonds. The van der Waals surface area contributed by atoms with E-state index in [1.807, 2.05) is 12.1 Å². The Kier molecular flexibility index (Phi) is 7.33. The van der Waals surface area contributed by atoms with Crippen molar-refractivity contribution in [3.63, 3.8) is 0 Å². The molecule has 0 fully saturated rings. The van der Waals surface area contributed by atoms with E-state index in [0.717, 1.165) is 11.6 Å². The van der Waals surface area contributed by atoms with Crippen LogP contribution in [0, 0.1) is 0 Å². The number of carbonyl (C=O) groups is 2. The molecule has 0 unspecified atom stereocenters. The molecule has 0 radical (unpaired) electrons. The largest absolute Gasteiger partial charge is 0.427 e. The third-order valence-corrected chi connectivity index (χ3v) is 6.29. The highest BCUT2D eigenvalue weighted by Crippen LogP contribution is 2.39. The second-order valence-electron chi connectivity index (χ2n) is 9.12. The summed E-state index contributed by atoms with van der Waals surface area (Å²) < 4.78 is 46.7. The summed E-state index contributed by atoms with van der Waals surface area (Å²) in [6.45, 7) is 1.72. The number of anilines is 1. The lowest BCUT2D eigenvalue weighted by Crippen LogP contribution is -2.09. The molecule has 0 saturated carbocycles. The summed E-state index contributed by atoms with van der Waals surface area (Å²) in [4.78, 5) is 29.0. The first-order valence-electron chi connectivity index (χ1n) is 12.4. The minimum atomic E-state index is -4.61. The summed E-state index contributed by atoms with van der Waals surface area (Å²) in [7, 11) is 0. The van der Waals surface area contributed by atoms with Crippen LogP contribution in [0.3, 0.4) is 0 Å². The van der Waals surface area contributed by atoms with Gasteiger partial charge in [-0.25, -0.2) is 0 Å². The van der Waals surface area contributed by atoms with Gasteiger partial charge in [0.25, 0.3) is 0 Å². The summed E-state index contributed by atoms with van der Waals surface area (Å²) in [5, 5.41) is 3.52. The third-order valence-electron chi connectivity index (χ3n) is 6.29. The Morgan fingerprint density at radius 2 is 1.62 bits per heavy atom. The van der Waals surface area contributed by atoms with Gasteiger partial charge in [0.15, 0.2) is 5.78 Å². The van der Waals surface area contributed by atoms with Gasteiger partial charge < -0.3 is 10.1 Å². The van der Waals surface area contributed by atoms with Gasteiger partial charge in [-0.05, 0) is 41.5 Å². The van der Waals surface area contributed by atoms with Crippen molar-refractivity contribution in [3.8, 4) is 16.9 Å². The number of benzene rings is 4. The summed E-state index contributed by atoms with van der Waals surface area (Å²) >= 11 is 0. The van der Waals surface area contributed by atoms with Crippen LogP contribution >= 0.6 is 0 Å². The van der Waals surface area contributed by atoms with E-state index in [1.54, 1.807) is 72.8 Å². The Hall–Kier alpha value is -4.98. The van der Waals surface area contributed by atoms with E-state index in [-0.39, 0.29) is 22.2 Å². The van der Waals surface area contributed by atoms with Gasteiger partial charge in [0.05, 0.1) is 11.1 Å². The molecule has 0 aliphatic rings. The number of rotatable bonds is 7. The van der Waals surface area contributed by atoms with E-state index in [4.69, 9.17) is 4.74 Å². The number of ether oxygens (including phenoxy) is 1. The quantitative estimate of drug-likeness (QED) is 0.130. The maximum atomic E-state index is 13.9. The number of halogens is 3. The van der Waals surface area contributed by atoms with Crippen LogP contribution in [0.15, 0.2) is 103 Å². The molecule has 1 N–H and O–H groups in total. The molecule has 5 rings (SSSR count). The number of fused-ring (bicyclic) bond motifs is 1. The number of carbonyl (C=O) groups excluding carboxylic acids is 2. The number of nitrogens with zero attached hydrogens (tertiary/aromatic N) is 1. The van der Waals surface area contributed by atoms with Gasteiger partial charge in [-0.1, -0.05) is 66.7 Å². The fourth-order valence-electron chi connectivity index (χ4n) is 4.55. The zero-order valence-electron chi connectivity index (χ0n) is 21.3. The van der Waals surface area contributed by atoms with E-state index >= 15 is 0 Å². The monoisotopic (exact) mass is 540 g/mol. The number of esters is 1. The van der Waals surface area contributed by atoms with Gasteiger partial charge in [-0.15, -0.1) is 0 Å². The van der Waals surface area contributed by atoms with Crippen LogP contribution in [0.25, 0.3) is 22.0 Å². The van der Waals surface area contributed by atoms with Crippen molar-refractivity contribution in [2.24, 2.45) is 0 Å². The van der Waals surface area contributed by atoms with Gasteiger partial charge in [0.1, 0.15) is 5.75 Å². The molecular formula is C32H23F3N2O3. The van der Waals surface area contributed by atoms with Crippen molar-refractivity contribution in [2.45, 2.75) is 19.6 Å². The summed E-state index contributed by atoms with van der Waals surface area (Å²) in [6, 6.07) is 26.6. The minimum absolute atomic E-state index is 0.198. The average molecular weight is 541 g/mol. The maximum Gasteiger partial charge on any atom is 0.418 e. The van der Waals surface area contributed by atoms with Crippen LogP contribution in [-0.2, 0) is 17.5 Å². The van der Waals surface area contributed by atoms with Crippen molar-refractivity contribution >= 4 is 28.3 Å². The van der Waals surface area contributed by atoms with E-state index in [0.29, 0.717) is 34.7 Å². The zero-order valence-corrected chi connectivity index (χ0v) is 21.3. The summed E-state index contributed by atoms with van der Waals surface area (Å²) in [5.74, 6) is -0.340. The topological polar surface area (TPSA) is 68.3 Å². The van der Waals surface area contributed by atoms with Crippen molar-refractivity contribution in [2.75, 3.05) is 5.32 Å². The normalized spacial score (nSPS) is 11.3.